The van der Waals surface area contributed by atoms with E-state index in [4.69, 9.17) is 0 Å². The molecule has 0 aromatic heterocycles. The summed E-state index contributed by atoms with van der Waals surface area (Å²) in [6.07, 6.45) is -0.664. The second kappa shape index (κ2) is 2.49. The van der Waals surface area contributed by atoms with Crippen molar-refractivity contribution in [2.24, 2.45) is 5.92 Å². The van der Waals surface area contributed by atoms with E-state index in [0.717, 1.165) is 0 Å². The summed E-state index contributed by atoms with van der Waals surface area (Å²) in [5.74, 6) is -0.188. The Morgan fingerprint density at radius 3 is 2.50 bits per heavy atom. The number of halogens is 1. The number of hydrogen-bond donors (Lipinski definition) is 0. The number of alkyl halides is 1. The number of rotatable bonds is 0. The summed E-state index contributed by atoms with van der Waals surface area (Å²) < 4.78 is 34.2. The van der Waals surface area contributed by atoms with Crippen LogP contribution in [0.25, 0.3) is 0 Å². The highest BCUT2D eigenvalue weighted by atomic mass is 32.2. The van der Waals surface area contributed by atoms with E-state index in [1.54, 1.807) is 6.92 Å². The van der Waals surface area contributed by atoms with Crippen molar-refractivity contribution in [1.82, 2.24) is 0 Å². The molecule has 0 spiro atoms. The molecular formula is C6H11FO2S. The normalized spacial score (nSPS) is 39.4. The van der Waals surface area contributed by atoms with E-state index in [2.05, 4.69) is 0 Å². The van der Waals surface area contributed by atoms with Gasteiger partial charge in [-0.2, -0.15) is 0 Å². The fraction of sp³-hybridized carbons (Fsp3) is 1.00. The van der Waals surface area contributed by atoms with Crippen LogP contribution >= 0.6 is 0 Å². The molecule has 1 saturated heterocycles. The van der Waals surface area contributed by atoms with Gasteiger partial charge < -0.3 is 0 Å². The van der Waals surface area contributed by atoms with Gasteiger partial charge in [0.2, 0.25) is 0 Å². The van der Waals surface area contributed by atoms with Gasteiger partial charge in [0.05, 0.1) is 11.5 Å². The van der Waals surface area contributed by atoms with Crippen LogP contribution in [0.2, 0.25) is 0 Å². The van der Waals surface area contributed by atoms with Gasteiger partial charge >= 0.3 is 0 Å². The maximum absolute atomic E-state index is 12.7. The molecule has 1 aliphatic heterocycles. The fourth-order valence-electron chi connectivity index (χ4n) is 1.04. The van der Waals surface area contributed by atoms with Crippen LogP contribution in [-0.2, 0) is 9.84 Å². The molecule has 60 valence electrons. The first-order valence-electron chi connectivity index (χ1n) is 3.36. The van der Waals surface area contributed by atoms with Crippen molar-refractivity contribution in [3.05, 3.63) is 0 Å². The Kier molecular flexibility index (Phi) is 1.99. The molecule has 10 heavy (non-hydrogen) atoms. The van der Waals surface area contributed by atoms with Gasteiger partial charge in [0.1, 0.15) is 6.17 Å². The van der Waals surface area contributed by atoms with Gasteiger partial charge in [-0.25, -0.2) is 12.8 Å². The summed E-state index contributed by atoms with van der Waals surface area (Å²) in [4.78, 5) is 0. The second-order valence-corrected chi connectivity index (χ2v) is 5.13. The monoisotopic (exact) mass is 166 g/mol. The van der Waals surface area contributed by atoms with Crippen LogP contribution in [0, 0.1) is 5.92 Å². The first kappa shape index (κ1) is 7.98. The highest BCUT2D eigenvalue weighted by Gasteiger charge is 2.29. The van der Waals surface area contributed by atoms with Crippen LogP contribution in [0.3, 0.4) is 0 Å². The third kappa shape index (κ3) is 1.68. The maximum Gasteiger partial charge on any atom is 0.153 e. The third-order valence-corrected chi connectivity index (χ3v) is 3.60. The predicted molar refractivity (Wildman–Crippen MR) is 37.3 cm³/mol. The van der Waals surface area contributed by atoms with Crippen LogP contribution in [0.4, 0.5) is 4.39 Å². The molecule has 1 heterocycles. The van der Waals surface area contributed by atoms with Crippen molar-refractivity contribution in [1.29, 1.82) is 0 Å². The minimum Gasteiger partial charge on any atom is -0.246 e. The van der Waals surface area contributed by atoms with E-state index < -0.39 is 16.0 Å². The first-order valence-corrected chi connectivity index (χ1v) is 5.18. The molecular weight excluding hydrogens is 155 g/mol. The lowest BCUT2D eigenvalue weighted by Crippen LogP contribution is -2.32. The van der Waals surface area contributed by atoms with Crippen LogP contribution in [-0.4, -0.2) is 26.1 Å². The lowest BCUT2D eigenvalue weighted by atomic mass is 10.0. The molecule has 2 unspecified atom stereocenters. The van der Waals surface area contributed by atoms with Gasteiger partial charge in [0, 0.05) is 0 Å². The quantitative estimate of drug-likeness (QED) is 0.533. The second-order valence-electron chi connectivity index (χ2n) is 2.90. The molecule has 0 aliphatic carbocycles. The van der Waals surface area contributed by atoms with Crippen LogP contribution in [0.15, 0.2) is 0 Å². The lowest BCUT2D eigenvalue weighted by molar-refractivity contribution is 0.252. The summed E-state index contributed by atoms with van der Waals surface area (Å²) in [6.45, 7) is 1.75. The Morgan fingerprint density at radius 2 is 2.10 bits per heavy atom. The Hall–Kier alpha value is -0.120. The predicted octanol–water partition coefficient (Wildman–Crippen LogP) is 0.779. The van der Waals surface area contributed by atoms with Crippen molar-refractivity contribution in [2.45, 2.75) is 19.5 Å². The molecule has 0 saturated carbocycles. The summed E-state index contributed by atoms with van der Waals surface area (Å²) in [7, 11) is -3.04. The SMILES string of the molecule is CC1CCS(=O)(=O)CC1F. The van der Waals surface area contributed by atoms with Crippen LogP contribution in [0.1, 0.15) is 13.3 Å². The van der Waals surface area contributed by atoms with E-state index >= 15 is 0 Å². The van der Waals surface area contributed by atoms with E-state index in [0.29, 0.717) is 6.42 Å². The fourth-order valence-corrected chi connectivity index (χ4v) is 2.75. The van der Waals surface area contributed by atoms with Crippen molar-refractivity contribution < 1.29 is 12.8 Å². The van der Waals surface area contributed by atoms with Crippen molar-refractivity contribution >= 4 is 9.84 Å². The van der Waals surface area contributed by atoms with Crippen molar-refractivity contribution in [3.63, 3.8) is 0 Å². The van der Waals surface area contributed by atoms with E-state index in [1.807, 2.05) is 0 Å². The van der Waals surface area contributed by atoms with Gasteiger partial charge in [-0.1, -0.05) is 6.92 Å². The van der Waals surface area contributed by atoms with Crippen LogP contribution in [0.5, 0.6) is 0 Å². The molecule has 0 radical (unpaired) electrons. The summed E-state index contributed by atoms with van der Waals surface area (Å²) in [6, 6.07) is 0. The summed E-state index contributed by atoms with van der Waals surface area (Å²) in [5.41, 5.74) is 0. The third-order valence-electron chi connectivity index (χ3n) is 1.91. The average Bonchev–Trinajstić information content (AvgIpc) is 1.79. The van der Waals surface area contributed by atoms with E-state index in [1.165, 1.54) is 0 Å². The molecule has 0 amide bonds. The molecule has 1 rings (SSSR count). The maximum atomic E-state index is 12.7. The molecule has 0 aromatic rings. The topological polar surface area (TPSA) is 34.1 Å². The number of sulfone groups is 1. The molecule has 0 N–H and O–H groups in total. The molecule has 2 atom stereocenters. The Bertz CT molecular complexity index is 210. The van der Waals surface area contributed by atoms with Gasteiger partial charge in [0.15, 0.2) is 9.84 Å². The standard InChI is InChI=1S/C6H11FO2S/c1-5-2-3-10(8,9)4-6(5)7/h5-6H,2-4H2,1H3. The molecule has 4 heteroatoms. The van der Waals surface area contributed by atoms with Crippen molar-refractivity contribution in [3.8, 4) is 0 Å². The van der Waals surface area contributed by atoms with Gasteiger partial charge in [-0.15, -0.1) is 0 Å². The minimum absolute atomic E-state index is 0.0801. The smallest absolute Gasteiger partial charge is 0.153 e. The zero-order chi connectivity index (χ0) is 7.78. The van der Waals surface area contributed by atoms with Gasteiger partial charge in [-0.3, -0.25) is 0 Å². The molecule has 0 aromatic carbocycles. The van der Waals surface area contributed by atoms with E-state index in [9.17, 15) is 12.8 Å². The average molecular weight is 166 g/mol. The number of hydrogen-bond acceptors (Lipinski definition) is 2. The van der Waals surface area contributed by atoms with Gasteiger partial charge in [0.25, 0.3) is 0 Å². The molecule has 1 fully saturated rings. The van der Waals surface area contributed by atoms with E-state index in [-0.39, 0.29) is 17.4 Å². The Labute approximate surface area is 60.3 Å². The summed E-state index contributed by atoms with van der Waals surface area (Å²) >= 11 is 0. The molecule has 0 bridgehead atoms. The Morgan fingerprint density at radius 1 is 1.50 bits per heavy atom. The zero-order valence-electron chi connectivity index (χ0n) is 5.88. The lowest BCUT2D eigenvalue weighted by Gasteiger charge is -2.21. The highest BCUT2D eigenvalue weighted by Crippen LogP contribution is 2.20. The largest absolute Gasteiger partial charge is 0.246 e. The molecule has 2 nitrogen and oxygen atoms in total. The van der Waals surface area contributed by atoms with Gasteiger partial charge in [-0.05, 0) is 12.3 Å². The zero-order valence-corrected chi connectivity index (χ0v) is 6.70. The summed E-state index contributed by atoms with van der Waals surface area (Å²) in [5, 5.41) is 0. The van der Waals surface area contributed by atoms with Crippen molar-refractivity contribution in [2.75, 3.05) is 11.5 Å². The van der Waals surface area contributed by atoms with Crippen LogP contribution < -0.4 is 0 Å². The molecule has 1 aliphatic rings. The first-order chi connectivity index (χ1) is 4.51. The minimum atomic E-state index is -3.04. The highest BCUT2D eigenvalue weighted by molar-refractivity contribution is 7.91. The Balaban J connectivity index is 2.66.